The Hall–Kier alpha value is -4.69. The first-order chi connectivity index (χ1) is 25.7. The lowest BCUT2D eigenvalue weighted by molar-refractivity contribution is -0.123. The van der Waals surface area contributed by atoms with Crippen LogP contribution in [0.1, 0.15) is 54.0 Å². The molecule has 3 heterocycles. The number of aromatic nitrogens is 5. The minimum Gasteiger partial charge on any atom is -0.378 e. The van der Waals surface area contributed by atoms with Gasteiger partial charge in [0.1, 0.15) is 44.8 Å². The standard InChI is InChI=1S/C37H29ClF4IN7O4S/c1-36(2,52)12-11-21-5-6-22(23-8-10-26(38)30-32(23)49(3)47-35(30)48-55(4,53)54)31(44-21)27(15-18-13-19(39)16-20(40)14-18)45-28(51)17-50-33-29(34(43)46-50)24-7-9-25(24)37(33,41)42/h5-6,8,10,13-14,16,24-25,27,52H,15,17H2,1-4H3,(H,45,51)(H,47,48)/t24-,25+,27-/m0/s1. The Morgan fingerprint density at radius 3 is 2.45 bits per heavy atom. The van der Waals surface area contributed by atoms with Crippen LogP contribution < -0.4 is 10.0 Å². The number of aryl methyl sites for hydroxylation is 1. The fraction of sp³-hybridized carbons (Fsp3) is 0.297. The molecule has 5 aromatic rings. The third-order valence-corrected chi connectivity index (χ3v) is 10.6. The van der Waals surface area contributed by atoms with Crippen molar-refractivity contribution in [2.45, 2.75) is 50.3 Å². The third kappa shape index (κ3) is 7.50. The molecule has 2 aliphatic rings. The monoisotopic (exact) mass is 905 g/mol. The lowest BCUT2D eigenvalue weighted by Crippen LogP contribution is -2.35. The third-order valence-electron chi connectivity index (χ3n) is 8.94. The van der Waals surface area contributed by atoms with Gasteiger partial charge in [-0.1, -0.05) is 35.4 Å². The van der Waals surface area contributed by atoms with Crippen molar-refractivity contribution in [3.8, 4) is 34.8 Å². The van der Waals surface area contributed by atoms with E-state index in [2.05, 4.69) is 43.9 Å². The first-order valence-corrected chi connectivity index (χ1v) is 19.8. The SMILES string of the molecule is Cn1nc(NS(C)(=O)=O)c2c(Cl)ccc(-c3ccc(C#CC(C)(C)O)nc3[C@H](Cc3cc(F)cc(F)c3)NC(=O)Cn3nc(I)c4c3C(F)(F)[C@@H]3C#C[C@H]43)c21. The highest BCUT2D eigenvalue weighted by Gasteiger charge is 2.60. The van der Waals surface area contributed by atoms with E-state index >= 15 is 8.78 Å². The summed E-state index contributed by atoms with van der Waals surface area (Å²) >= 11 is 8.44. The number of fused-ring (bicyclic) bond motifs is 4. The van der Waals surface area contributed by atoms with Crippen molar-refractivity contribution in [2.24, 2.45) is 13.0 Å². The van der Waals surface area contributed by atoms with Gasteiger partial charge < -0.3 is 10.4 Å². The quantitative estimate of drug-likeness (QED) is 0.0967. The molecule has 11 nitrogen and oxygen atoms in total. The minimum atomic E-state index is -3.79. The van der Waals surface area contributed by atoms with E-state index < -0.39 is 69.2 Å². The number of hydrogen-bond acceptors (Lipinski definition) is 7. The maximum atomic E-state index is 15.5. The summed E-state index contributed by atoms with van der Waals surface area (Å²) in [7, 11) is -2.22. The van der Waals surface area contributed by atoms with Crippen LogP contribution >= 0.6 is 34.2 Å². The average molecular weight is 906 g/mol. The van der Waals surface area contributed by atoms with Crippen LogP contribution in [-0.2, 0) is 40.8 Å². The molecule has 3 aromatic heterocycles. The molecule has 0 saturated carbocycles. The number of amides is 1. The fourth-order valence-electron chi connectivity index (χ4n) is 6.78. The second kappa shape index (κ2) is 13.8. The molecular weight excluding hydrogens is 877 g/mol. The molecular formula is C37H29ClF4IN7O4S. The van der Waals surface area contributed by atoms with Gasteiger partial charge in [-0.25, -0.2) is 22.2 Å². The molecule has 0 spiro atoms. The van der Waals surface area contributed by atoms with E-state index in [0.29, 0.717) is 26.4 Å². The van der Waals surface area contributed by atoms with Crippen molar-refractivity contribution in [1.29, 1.82) is 0 Å². The average Bonchev–Trinajstić information content (AvgIpc) is 3.58. The summed E-state index contributed by atoms with van der Waals surface area (Å²) in [5.41, 5.74) is -0.0235. The Morgan fingerprint density at radius 2 is 1.82 bits per heavy atom. The number of rotatable bonds is 9. The number of hydrogen-bond donors (Lipinski definition) is 3. The highest BCUT2D eigenvalue weighted by molar-refractivity contribution is 14.1. The highest BCUT2D eigenvalue weighted by atomic mass is 127. The topological polar surface area (TPSA) is 144 Å². The number of anilines is 1. The van der Waals surface area contributed by atoms with Crippen LogP contribution in [-0.4, -0.2) is 55.8 Å². The maximum absolute atomic E-state index is 15.5. The van der Waals surface area contributed by atoms with E-state index in [0.717, 1.165) is 23.1 Å². The van der Waals surface area contributed by atoms with E-state index in [9.17, 15) is 27.1 Å². The number of nitrogens with one attached hydrogen (secondary N) is 2. The van der Waals surface area contributed by atoms with E-state index in [4.69, 9.17) is 16.6 Å². The van der Waals surface area contributed by atoms with Gasteiger partial charge in [-0.2, -0.15) is 19.0 Å². The Labute approximate surface area is 331 Å². The number of benzene rings is 2. The molecule has 55 heavy (non-hydrogen) atoms. The molecule has 0 saturated heterocycles. The van der Waals surface area contributed by atoms with Gasteiger partial charge in [0.2, 0.25) is 15.9 Å². The molecule has 284 valence electrons. The summed E-state index contributed by atoms with van der Waals surface area (Å²) in [5, 5.41) is 22.2. The molecule has 3 atom stereocenters. The minimum absolute atomic E-state index is 0.0499. The summed E-state index contributed by atoms with van der Waals surface area (Å²) in [6, 6.07) is 8.01. The van der Waals surface area contributed by atoms with Crippen LogP contribution in [0.2, 0.25) is 5.02 Å². The predicted molar refractivity (Wildman–Crippen MR) is 204 cm³/mol. The molecule has 7 rings (SSSR count). The molecule has 0 bridgehead atoms. The van der Waals surface area contributed by atoms with E-state index in [1.165, 1.54) is 24.6 Å². The largest absolute Gasteiger partial charge is 0.378 e. The zero-order chi connectivity index (χ0) is 39.8. The molecule has 1 amide bonds. The fourth-order valence-corrected chi connectivity index (χ4v) is 8.37. The van der Waals surface area contributed by atoms with Crippen LogP contribution in [0, 0.1) is 44.9 Å². The van der Waals surface area contributed by atoms with Crippen LogP contribution in [0.15, 0.2) is 42.5 Å². The Kier molecular flexibility index (Phi) is 9.68. The molecule has 0 aliphatic heterocycles. The Morgan fingerprint density at radius 1 is 1.13 bits per heavy atom. The van der Waals surface area contributed by atoms with Gasteiger partial charge in [-0.3, -0.25) is 18.9 Å². The van der Waals surface area contributed by atoms with Gasteiger partial charge in [-0.05, 0) is 84.7 Å². The van der Waals surface area contributed by atoms with Crippen LogP contribution in [0.4, 0.5) is 23.4 Å². The Balaban J connectivity index is 1.38. The number of alkyl halides is 2. The van der Waals surface area contributed by atoms with Crippen molar-refractivity contribution < 1.29 is 35.9 Å². The number of carbonyl (C=O) groups is 1. The second-order valence-corrected chi connectivity index (χ2v) is 17.0. The number of pyridine rings is 1. The van der Waals surface area contributed by atoms with Gasteiger partial charge in [0.15, 0.2) is 5.82 Å². The Bertz CT molecular complexity index is 2670. The van der Waals surface area contributed by atoms with Crippen molar-refractivity contribution in [3.63, 3.8) is 0 Å². The number of carbonyl (C=O) groups excluding carboxylic acids is 1. The zero-order valence-electron chi connectivity index (χ0n) is 29.3. The van der Waals surface area contributed by atoms with Gasteiger partial charge in [0, 0.05) is 29.8 Å². The maximum Gasteiger partial charge on any atom is 0.304 e. The number of sulfonamides is 1. The zero-order valence-corrected chi connectivity index (χ0v) is 33.0. The van der Waals surface area contributed by atoms with Gasteiger partial charge >= 0.3 is 5.92 Å². The van der Waals surface area contributed by atoms with Crippen LogP contribution in [0.25, 0.3) is 22.0 Å². The normalized spacial score (nSPS) is 17.3. The molecule has 0 fully saturated rings. The second-order valence-electron chi connectivity index (χ2n) is 13.8. The molecule has 3 N–H and O–H groups in total. The first kappa shape index (κ1) is 38.6. The molecule has 0 unspecified atom stereocenters. The van der Waals surface area contributed by atoms with Crippen LogP contribution in [0.3, 0.4) is 0 Å². The first-order valence-electron chi connectivity index (χ1n) is 16.5. The lowest BCUT2D eigenvalue weighted by Gasteiger charge is -2.24. The lowest BCUT2D eigenvalue weighted by atomic mass is 9.85. The summed E-state index contributed by atoms with van der Waals surface area (Å²) in [4.78, 5) is 18.7. The molecule has 0 radical (unpaired) electrons. The number of aliphatic hydroxyl groups is 1. The van der Waals surface area contributed by atoms with E-state index in [1.807, 2.05) is 22.6 Å². The van der Waals surface area contributed by atoms with Crippen molar-refractivity contribution in [3.05, 3.63) is 91.0 Å². The van der Waals surface area contributed by atoms with Gasteiger partial charge in [-0.15, -0.1) is 0 Å². The summed E-state index contributed by atoms with van der Waals surface area (Å²) < 4.78 is 89.6. The molecule has 2 aromatic carbocycles. The molecule has 2 aliphatic carbocycles. The van der Waals surface area contributed by atoms with E-state index in [-0.39, 0.29) is 45.2 Å². The van der Waals surface area contributed by atoms with Crippen molar-refractivity contribution in [2.75, 3.05) is 11.0 Å². The highest BCUT2D eigenvalue weighted by Crippen LogP contribution is 2.56. The predicted octanol–water partition coefficient (Wildman–Crippen LogP) is 5.78. The smallest absolute Gasteiger partial charge is 0.304 e. The van der Waals surface area contributed by atoms with Crippen molar-refractivity contribution >= 4 is 66.8 Å². The number of nitrogens with zero attached hydrogens (tertiary/aromatic N) is 5. The molecule has 18 heteroatoms. The van der Waals surface area contributed by atoms with Crippen molar-refractivity contribution in [1.82, 2.24) is 29.9 Å². The van der Waals surface area contributed by atoms with Gasteiger partial charge in [0.05, 0.1) is 39.8 Å². The number of halogens is 6. The summed E-state index contributed by atoms with van der Waals surface area (Å²) in [6.45, 7) is 2.30. The summed E-state index contributed by atoms with van der Waals surface area (Å²) in [5.74, 6) is 2.94. The van der Waals surface area contributed by atoms with Crippen LogP contribution in [0.5, 0.6) is 0 Å². The van der Waals surface area contributed by atoms with E-state index in [1.54, 1.807) is 25.2 Å². The summed E-state index contributed by atoms with van der Waals surface area (Å²) in [6.07, 6.45) is 0.718. The van der Waals surface area contributed by atoms with Gasteiger partial charge in [0.25, 0.3) is 0 Å².